The van der Waals surface area contributed by atoms with Crippen LogP contribution in [0.5, 0.6) is 5.75 Å². The second-order valence-corrected chi connectivity index (χ2v) is 5.19. The third kappa shape index (κ3) is 6.85. The van der Waals surface area contributed by atoms with Crippen molar-refractivity contribution in [2.45, 2.75) is 13.0 Å². The summed E-state index contributed by atoms with van der Waals surface area (Å²) in [4.78, 5) is 4.07. The Morgan fingerprint density at radius 3 is 2.44 bits per heavy atom. The summed E-state index contributed by atoms with van der Waals surface area (Å²) >= 11 is 0. The van der Waals surface area contributed by atoms with Crippen LogP contribution in [-0.2, 0) is 13.0 Å². The van der Waals surface area contributed by atoms with Crippen molar-refractivity contribution >= 4 is 29.9 Å². The summed E-state index contributed by atoms with van der Waals surface area (Å²) in [7, 11) is 3.26. The fraction of sp³-hybridized carbons (Fsp3) is 0.278. The molecule has 25 heavy (non-hydrogen) atoms. The molecule has 2 aromatic rings. The van der Waals surface area contributed by atoms with Gasteiger partial charge in [0.15, 0.2) is 5.96 Å². The molecule has 2 aromatic carbocycles. The lowest BCUT2D eigenvalue weighted by Gasteiger charge is -2.12. The van der Waals surface area contributed by atoms with Gasteiger partial charge in [0.2, 0.25) is 0 Å². The van der Waals surface area contributed by atoms with Crippen LogP contribution < -0.4 is 15.4 Å². The Hall–Kier alpha value is -1.90. The Bertz CT molecular complexity index is 693. The van der Waals surface area contributed by atoms with Gasteiger partial charge in [0.25, 0.3) is 0 Å². The first-order valence-electron chi connectivity index (χ1n) is 7.63. The van der Waals surface area contributed by atoms with E-state index in [0.29, 0.717) is 12.5 Å². The summed E-state index contributed by atoms with van der Waals surface area (Å²) in [5.41, 5.74) is 1.42. The molecule has 0 aliphatic carbocycles. The number of guanidine groups is 1. The van der Waals surface area contributed by atoms with E-state index in [4.69, 9.17) is 4.74 Å². The van der Waals surface area contributed by atoms with E-state index >= 15 is 0 Å². The predicted molar refractivity (Wildman–Crippen MR) is 107 cm³/mol. The SMILES string of the molecule is CN=C(NCCc1ccc(OC)cc1)NCc1cc(F)ccc1F.I. The summed E-state index contributed by atoms with van der Waals surface area (Å²) in [5.74, 6) is 0.446. The molecular formula is C18H22F2IN3O. The highest BCUT2D eigenvalue weighted by Gasteiger charge is 2.05. The van der Waals surface area contributed by atoms with E-state index in [-0.39, 0.29) is 36.1 Å². The third-order valence-corrected chi connectivity index (χ3v) is 3.54. The van der Waals surface area contributed by atoms with Gasteiger partial charge in [-0.1, -0.05) is 12.1 Å². The Balaban J connectivity index is 0.00000312. The normalized spacial score (nSPS) is 10.8. The molecule has 0 amide bonds. The van der Waals surface area contributed by atoms with E-state index < -0.39 is 11.6 Å². The number of hydrogen-bond donors (Lipinski definition) is 2. The lowest BCUT2D eigenvalue weighted by atomic mass is 10.1. The van der Waals surface area contributed by atoms with Gasteiger partial charge in [-0.25, -0.2) is 8.78 Å². The standard InChI is InChI=1S/C18H21F2N3O.HI/c1-21-18(23-12-14-11-15(19)5-8-17(14)20)22-10-9-13-3-6-16(24-2)7-4-13;/h3-8,11H,9-10,12H2,1-2H3,(H2,21,22,23);1H. The predicted octanol–water partition coefficient (Wildman–Crippen LogP) is 3.50. The van der Waals surface area contributed by atoms with Crippen LogP contribution in [0.3, 0.4) is 0 Å². The molecule has 0 unspecified atom stereocenters. The van der Waals surface area contributed by atoms with Crippen molar-refractivity contribution in [1.29, 1.82) is 0 Å². The second-order valence-electron chi connectivity index (χ2n) is 5.19. The van der Waals surface area contributed by atoms with Crippen LogP contribution in [0.15, 0.2) is 47.5 Å². The lowest BCUT2D eigenvalue weighted by molar-refractivity contribution is 0.414. The third-order valence-electron chi connectivity index (χ3n) is 3.54. The van der Waals surface area contributed by atoms with E-state index in [1.165, 1.54) is 6.07 Å². The average molecular weight is 461 g/mol. The van der Waals surface area contributed by atoms with Crippen LogP contribution in [0.4, 0.5) is 8.78 Å². The molecule has 0 bridgehead atoms. The van der Waals surface area contributed by atoms with Gasteiger partial charge in [0.1, 0.15) is 17.4 Å². The monoisotopic (exact) mass is 461 g/mol. The van der Waals surface area contributed by atoms with Gasteiger partial charge in [0, 0.05) is 25.7 Å². The molecule has 0 aliphatic heterocycles. The minimum absolute atomic E-state index is 0. The summed E-state index contributed by atoms with van der Waals surface area (Å²) in [5, 5.41) is 6.11. The van der Waals surface area contributed by atoms with E-state index in [0.717, 1.165) is 29.9 Å². The molecule has 0 saturated carbocycles. The van der Waals surface area contributed by atoms with Gasteiger partial charge in [-0.2, -0.15) is 0 Å². The maximum absolute atomic E-state index is 13.6. The van der Waals surface area contributed by atoms with E-state index in [1.54, 1.807) is 14.2 Å². The fourth-order valence-electron chi connectivity index (χ4n) is 2.20. The van der Waals surface area contributed by atoms with Crippen LogP contribution >= 0.6 is 24.0 Å². The molecule has 2 rings (SSSR count). The number of benzene rings is 2. The van der Waals surface area contributed by atoms with Crippen molar-refractivity contribution in [3.05, 3.63) is 65.2 Å². The molecule has 0 fully saturated rings. The van der Waals surface area contributed by atoms with E-state index in [1.807, 2.05) is 24.3 Å². The highest BCUT2D eigenvalue weighted by molar-refractivity contribution is 14.0. The highest BCUT2D eigenvalue weighted by atomic mass is 127. The zero-order chi connectivity index (χ0) is 17.4. The van der Waals surface area contributed by atoms with Crippen molar-refractivity contribution in [2.24, 2.45) is 4.99 Å². The highest BCUT2D eigenvalue weighted by Crippen LogP contribution is 2.11. The van der Waals surface area contributed by atoms with Gasteiger partial charge in [-0.05, 0) is 42.3 Å². The Kier molecular flexibility index (Phi) is 9.18. The number of methoxy groups -OCH3 is 1. The number of nitrogens with one attached hydrogen (secondary N) is 2. The Morgan fingerprint density at radius 2 is 1.80 bits per heavy atom. The molecular weight excluding hydrogens is 439 g/mol. The number of nitrogens with zero attached hydrogens (tertiary/aromatic N) is 1. The summed E-state index contributed by atoms with van der Waals surface area (Å²) in [6.45, 7) is 0.823. The topological polar surface area (TPSA) is 45.7 Å². The first-order valence-corrected chi connectivity index (χ1v) is 7.63. The van der Waals surface area contributed by atoms with Crippen molar-refractivity contribution < 1.29 is 13.5 Å². The minimum atomic E-state index is -0.462. The van der Waals surface area contributed by atoms with Crippen LogP contribution in [0.25, 0.3) is 0 Å². The lowest BCUT2D eigenvalue weighted by Crippen LogP contribution is -2.38. The van der Waals surface area contributed by atoms with E-state index in [2.05, 4.69) is 15.6 Å². The molecule has 0 heterocycles. The second kappa shape index (κ2) is 10.9. The van der Waals surface area contributed by atoms with Gasteiger partial charge in [-0.15, -0.1) is 24.0 Å². The maximum atomic E-state index is 13.6. The Labute approximate surface area is 163 Å². The molecule has 0 radical (unpaired) electrons. The zero-order valence-electron chi connectivity index (χ0n) is 14.2. The molecule has 0 aromatic heterocycles. The summed E-state index contributed by atoms with van der Waals surface area (Å²) in [6.07, 6.45) is 0.805. The van der Waals surface area contributed by atoms with E-state index in [9.17, 15) is 8.78 Å². The first kappa shape index (κ1) is 21.1. The molecule has 0 spiro atoms. The van der Waals surface area contributed by atoms with Crippen molar-refractivity contribution in [3.63, 3.8) is 0 Å². The first-order chi connectivity index (χ1) is 11.6. The quantitative estimate of drug-likeness (QED) is 0.394. The van der Waals surface area contributed by atoms with Gasteiger partial charge >= 0.3 is 0 Å². The zero-order valence-corrected chi connectivity index (χ0v) is 16.5. The number of aliphatic imine (C=N–C) groups is 1. The number of hydrogen-bond acceptors (Lipinski definition) is 2. The number of halogens is 3. The largest absolute Gasteiger partial charge is 0.497 e. The van der Waals surface area contributed by atoms with Crippen LogP contribution in [0, 0.1) is 11.6 Å². The maximum Gasteiger partial charge on any atom is 0.191 e. The van der Waals surface area contributed by atoms with Crippen molar-refractivity contribution in [2.75, 3.05) is 20.7 Å². The molecule has 0 aliphatic rings. The van der Waals surface area contributed by atoms with Crippen LogP contribution in [-0.4, -0.2) is 26.7 Å². The number of ether oxygens (including phenoxy) is 1. The fourth-order valence-corrected chi connectivity index (χ4v) is 2.20. The molecule has 7 heteroatoms. The summed E-state index contributed by atoms with van der Waals surface area (Å²) in [6, 6.07) is 11.2. The smallest absolute Gasteiger partial charge is 0.191 e. The molecule has 0 saturated heterocycles. The molecule has 4 nitrogen and oxygen atoms in total. The molecule has 0 atom stereocenters. The van der Waals surface area contributed by atoms with Crippen molar-refractivity contribution in [1.82, 2.24) is 10.6 Å². The van der Waals surface area contributed by atoms with Gasteiger partial charge in [0.05, 0.1) is 7.11 Å². The average Bonchev–Trinajstić information content (AvgIpc) is 2.61. The van der Waals surface area contributed by atoms with Gasteiger partial charge < -0.3 is 15.4 Å². The summed E-state index contributed by atoms with van der Waals surface area (Å²) < 4.78 is 31.8. The van der Waals surface area contributed by atoms with Crippen LogP contribution in [0.2, 0.25) is 0 Å². The number of rotatable bonds is 6. The minimum Gasteiger partial charge on any atom is -0.497 e. The van der Waals surface area contributed by atoms with Crippen LogP contribution in [0.1, 0.15) is 11.1 Å². The Morgan fingerprint density at radius 1 is 1.08 bits per heavy atom. The molecule has 136 valence electrons. The van der Waals surface area contributed by atoms with Gasteiger partial charge in [-0.3, -0.25) is 4.99 Å². The van der Waals surface area contributed by atoms with Crippen molar-refractivity contribution in [3.8, 4) is 5.75 Å². The molecule has 2 N–H and O–H groups in total.